The van der Waals surface area contributed by atoms with E-state index in [1.165, 1.54) is 11.0 Å². The fourth-order valence-electron chi connectivity index (χ4n) is 4.06. The summed E-state index contributed by atoms with van der Waals surface area (Å²) >= 11 is 1.82. The summed E-state index contributed by atoms with van der Waals surface area (Å²) in [6, 6.07) is 8.40. The number of hydrogen-bond acceptors (Lipinski definition) is 7. The SMILES string of the molecule is CNC(OC(=N)C1=C(F)C=C(CNCCF)CC1)C1=C(C)N(C)CC(c2ccc(SC(C)C)cc2)=N1. The number of benzene rings is 1. The summed E-state index contributed by atoms with van der Waals surface area (Å²) < 4.78 is 33.0. The minimum absolute atomic E-state index is 0.209. The van der Waals surface area contributed by atoms with Crippen LogP contribution >= 0.6 is 11.8 Å². The van der Waals surface area contributed by atoms with Crippen LogP contribution in [0.1, 0.15) is 39.2 Å². The first-order valence-electron chi connectivity index (χ1n) is 12.3. The largest absolute Gasteiger partial charge is 0.453 e. The Labute approximate surface area is 217 Å². The van der Waals surface area contributed by atoms with Gasteiger partial charge in [0.1, 0.15) is 18.2 Å². The summed E-state index contributed by atoms with van der Waals surface area (Å²) in [6.45, 7) is 7.18. The number of alkyl halides is 1. The van der Waals surface area contributed by atoms with E-state index in [9.17, 15) is 8.78 Å². The van der Waals surface area contributed by atoms with E-state index in [0.717, 1.165) is 22.5 Å². The molecule has 3 N–H and O–H groups in total. The summed E-state index contributed by atoms with van der Waals surface area (Å²) in [5.74, 6) is -0.688. The smallest absolute Gasteiger partial charge is 0.213 e. The molecule has 1 unspecified atom stereocenters. The number of thioether (sulfide) groups is 1. The molecule has 0 saturated carbocycles. The van der Waals surface area contributed by atoms with Crippen molar-refractivity contribution in [3.05, 3.63) is 64.3 Å². The Hall–Kier alpha value is -2.49. The maximum absolute atomic E-state index is 14.8. The van der Waals surface area contributed by atoms with E-state index in [4.69, 9.17) is 15.1 Å². The predicted molar refractivity (Wildman–Crippen MR) is 145 cm³/mol. The van der Waals surface area contributed by atoms with Crippen LogP contribution < -0.4 is 10.6 Å². The quantitative estimate of drug-likeness (QED) is 0.124. The summed E-state index contributed by atoms with van der Waals surface area (Å²) in [5, 5.41) is 15.0. The van der Waals surface area contributed by atoms with Gasteiger partial charge in [0.2, 0.25) is 5.90 Å². The van der Waals surface area contributed by atoms with Gasteiger partial charge in [-0.2, -0.15) is 0 Å². The topological polar surface area (TPSA) is 72.7 Å². The Kier molecular flexibility index (Phi) is 10.3. The number of hydrogen-bond donors (Lipinski definition) is 3. The van der Waals surface area contributed by atoms with Gasteiger partial charge in [-0.1, -0.05) is 31.6 Å². The highest BCUT2D eigenvalue weighted by Crippen LogP contribution is 2.29. The number of nitrogens with one attached hydrogen (secondary N) is 3. The number of likely N-dealkylation sites (N-methyl/N-ethyl adjacent to an activating group) is 2. The van der Waals surface area contributed by atoms with Gasteiger partial charge in [0.15, 0.2) is 6.23 Å². The molecule has 0 bridgehead atoms. The third kappa shape index (κ3) is 7.27. The molecular weight excluding hydrogens is 480 g/mol. The van der Waals surface area contributed by atoms with Crippen LogP contribution in [0.25, 0.3) is 0 Å². The lowest BCUT2D eigenvalue weighted by molar-refractivity contribution is 0.186. The Morgan fingerprint density at radius 2 is 1.97 bits per heavy atom. The molecule has 36 heavy (non-hydrogen) atoms. The van der Waals surface area contributed by atoms with E-state index in [-0.39, 0.29) is 18.0 Å². The minimum Gasteiger partial charge on any atom is -0.453 e. The third-order valence-corrected chi connectivity index (χ3v) is 7.12. The van der Waals surface area contributed by atoms with Crippen LogP contribution in [0.5, 0.6) is 0 Å². The molecule has 1 atom stereocenters. The van der Waals surface area contributed by atoms with Crippen molar-refractivity contribution in [2.45, 2.75) is 50.0 Å². The highest BCUT2D eigenvalue weighted by Gasteiger charge is 2.27. The first-order valence-corrected chi connectivity index (χ1v) is 13.2. The number of rotatable bonds is 11. The molecule has 0 fully saturated rings. The lowest BCUT2D eigenvalue weighted by atomic mass is 9.97. The summed E-state index contributed by atoms with van der Waals surface area (Å²) in [7, 11) is 3.73. The summed E-state index contributed by atoms with van der Waals surface area (Å²) in [6.07, 6.45) is 1.67. The van der Waals surface area contributed by atoms with E-state index in [1.807, 2.05) is 25.7 Å². The molecule has 1 aromatic carbocycles. The fraction of sp³-hybridized carbons (Fsp3) is 0.481. The zero-order chi connectivity index (χ0) is 26.2. The van der Waals surface area contributed by atoms with Crippen molar-refractivity contribution in [1.29, 1.82) is 5.41 Å². The first kappa shape index (κ1) is 28.1. The Balaban J connectivity index is 1.78. The molecule has 1 aliphatic carbocycles. The van der Waals surface area contributed by atoms with Gasteiger partial charge in [-0.05, 0) is 50.6 Å². The van der Waals surface area contributed by atoms with Gasteiger partial charge in [0, 0.05) is 41.6 Å². The molecule has 0 aromatic heterocycles. The van der Waals surface area contributed by atoms with Gasteiger partial charge in [-0.3, -0.25) is 10.7 Å². The normalized spacial score (nSPS) is 17.4. The van der Waals surface area contributed by atoms with Crippen LogP contribution in [0.4, 0.5) is 8.78 Å². The van der Waals surface area contributed by atoms with Crippen molar-refractivity contribution in [3.63, 3.8) is 0 Å². The van der Waals surface area contributed by atoms with Crippen LogP contribution in [-0.2, 0) is 4.74 Å². The van der Waals surface area contributed by atoms with Crippen LogP contribution in [0.2, 0.25) is 0 Å². The highest BCUT2D eigenvalue weighted by atomic mass is 32.2. The van der Waals surface area contributed by atoms with E-state index < -0.39 is 18.7 Å². The van der Waals surface area contributed by atoms with Gasteiger partial charge in [0.25, 0.3) is 0 Å². The molecule has 1 aromatic rings. The fourth-order valence-corrected chi connectivity index (χ4v) is 4.90. The van der Waals surface area contributed by atoms with Crippen molar-refractivity contribution < 1.29 is 13.5 Å². The number of ether oxygens (including phenoxy) is 1. The van der Waals surface area contributed by atoms with Gasteiger partial charge in [0.05, 0.1) is 12.3 Å². The number of allylic oxidation sites excluding steroid dienone is 3. The second-order valence-corrected chi connectivity index (χ2v) is 10.8. The molecule has 1 heterocycles. The summed E-state index contributed by atoms with van der Waals surface area (Å²) in [4.78, 5) is 8.24. The monoisotopic (exact) mass is 517 g/mol. The second-order valence-electron chi connectivity index (χ2n) is 9.19. The van der Waals surface area contributed by atoms with Crippen molar-refractivity contribution in [1.82, 2.24) is 15.5 Å². The molecule has 6 nitrogen and oxygen atoms in total. The van der Waals surface area contributed by atoms with E-state index >= 15 is 0 Å². The molecular formula is C27H37F2N5OS. The molecule has 0 spiro atoms. The van der Waals surface area contributed by atoms with Crippen LogP contribution in [0.3, 0.4) is 0 Å². The molecule has 196 valence electrons. The Morgan fingerprint density at radius 1 is 1.25 bits per heavy atom. The van der Waals surface area contributed by atoms with Crippen molar-refractivity contribution in [3.8, 4) is 0 Å². The summed E-state index contributed by atoms with van der Waals surface area (Å²) in [5.41, 5.74) is 4.61. The standard InChI is InChI=1S/C27H37F2N5OS/c1-17(2)36-21-9-7-20(8-10-21)24-16-34(5)18(3)25(33-24)27(31-4)35-26(30)22-11-6-19(14-23(22)29)15-32-13-12-28/h7-10,14,17,27,30-32H,6,11-13,15-16H2,1-5H3. The molecule has 0 radical (unpaired) electrons. The van der Waals surface area contributed by atoms with E-state index in [1.54, 1.807) is 7.05 Å². The van der Waals surface area contributed by atoms with Gasteiger partial charge >= 0.3 is 0 Å². The predicted octanol–water partition coefficient (Wildman–Crippen LogP) is 5.20. The molecule has 0 saturated heterocycles. The third-order valence-electron chi connectivity index (χ3n) is 6.10. The maximum atomic E-state index is 14.8. The minimum atomic E-state index is -0.706. The lowest BCUT2D eigenvalue weighted by Gasteiger charge is -2.31. The Bertz CT molecular complexity index is 1060. The molecule has 3 rings (SSSR count). The van der Waals surface area contributed by atoms with Gasteiger partial charge in [-0.15, -0.1) is 11.8 Å². The first-order chi connectivity index (χ1) is 17.2. The zero-order valence-corrected chi connectivity index (χ0v) is 22.6. The van der Waals surface area contributed by atoms with Crippen molar-refractivity contribution in [2.24, 2.45) is 4.99 Å². The lowest BCUT2D eigenvalue weighted by Crippen LogP contribution is -2.39. The second kappa shape index (κ2) is 13.2. The molecule has 2 aliphatic rings. The number of halogens is 2. The number of nitrogens with zero attached hydrogens (tertiary/aromatic N) is 2. The maximum Gasteiger partial charge on any atom is 0.213 e. The highest BCUT2D eigenvalue weighted by molar-refractivity contribution is 7.99. The van der Waals surface area contributed by atoms with E-state index in [0.29, 0.717) is 36.9 Å². The molecule has 9 heteroatoms. The van der Waals surface area contributed by atoms with Crippen LogP contribution in [0, 0.1) is 5.41 Å². The Morgan fingerprint density at radius 3 is 2.58 bits per heavy atom. The number of aliphatic imine (C=N–C) groups is 1. The van der Waals surface area contributed by atoms with Crippen molar-refractivity contribution in [2.75, 3.05) is 40.4 Å². The van der Waals surface area contributed by atoms with Crippen molar-refractivity contribution >= 4 is 23.4 Å². The molecule has 0 amide bonds. The average molecular weight is 518 g/mol. The zero-order valence-electron chi connectivity index (χ0n) is 21.8. The van der Waals surface area contributed by atoms with Crippen LogP contribution in [-0.4, -0.2) is 68.4 Å². The van der Waals surface area contributed by atoms with Crippen LogP contribution in [0.15, 0.2) is 68.6 Å². The van der Waals surface area contributed by atoms with Gasteiger partial charge in [-0.25, -0.2) is 13.8 Å². The average Bonchev–Trinajstić information content (AvgIpc) is 2.84. The van der Waals surface area contributed by atoms with Gasteiger partial charge < -0.3 is 15.0 Å². The molecule has 1 aliphatic heterocycles. The van der Waals surface area contributed by atoms with E-state index in [2.05, 4.69) is 53.6 Å².